The molecule has 25 heavy (non-hydrogen) atoms. The molecule has 0 saturated heterocycles. The number of rotatable bonds is 13. The molecule has 0 fully saturated rings. The topological polar surface area (TPSA) is 72.2 Å². The highest BCUT2D eigenvalue weighted by Gasteiger charge is 2.02. The highest BCUT2D eigenvalue weighted by atomic mass is 16.1. The minimum atomic E-state index is 0.177. The van der Waals surface area contributed by atoms with Crippen molar-refractivity contribution in [1.82, 2.24) is 24.9 Å². The van der Waals surface area contributed by atoms with E-state index in [2.05, 4.69) is 27.3 Å². The number of nitrogens with zero attached hydrogens (tertiary/aromatic N) is 4. The third-order valence-corrected chi connectivity index (χ3v) is 4.41. The number of unbranched alkanes of at least 4 members (excludes halogenated alkanes) is 7. The van der Waals surface area contributed by atoms with Crippen LogP contribution in [0.25, 0.3) is 5.78 Å². The molecular formula is C19H31N5O. The first kappa shape index (κ1) is 19.3. The van der Waals surface area contributed by atoms with Gasteiger partial charge in [-0.2, -0.15) is 10.1 Å². The zero-order chi connectivity index (χ0) is 17.7. The molecule has 2 heterocycles. The lowest BCUT2D eigenvalue weighted by Gasteiger charge is -2.06. The highest BCUT2D eigenvalue weighted by molar-refractivity contribution is 5.75. The number of hydrogen-bond acceptors (Lipinski definition) is 4. The monoisotopic (exact) mass is 345 g/mol. The van der Waals surface area contributed by atoms with E-state index in [1.165, 1.54) is 51.3 Å². The normalized spacial score (nSPS) is 11.1. The molecule has 0 bridgehead atoms. The molecule has 0 aliphatic carbocycles. The van der Waals surface area contributed by atoms with Crippen molar-refractivity contribution in [2.45, 2.75) is 77.6 Å². The SMILES string of the molecule is CCCCCCCCCCC(=O)NCCCc1cnc2ncnn2c1. The third-order valence-electron chi connectivity index (χ3n) is 4.41. The van der Waals surface area contributed by atoms with Crippen LogP contribution in [-0.2, 0) is 11.2 Å². The molecule has 2 rings (SSSR count). The molecule has 1 N–H and O–H groups in total. The Bertz CT molecular complexity index is 625. The molecule has 6 nitrogen and oxygen atoms in total. The van der Waals surface area contributed by atoms with Crippen LogP contribution in [0, 0.1) is 0 Å². The van der Waals surface area contributed by atoms with Crippen molar-refractivity contribution in [1.29, 1.82) is 0 Å². The summed E-state index contributed by atoms with van der Waals surface area (Å²) in [6.45, 7) is 2.95. The first-order valence-corrected chi connectivity index (χ1v) is 9.70. The van der Waals surface area contributed by atoms with Crippen molar-refractivity contribution in [2.75, 3.05) is 6.54 Å². The number of amides is 1. The van der Waals surface area contributed by atoms with Crippen LogP contribution in [0.15, 0.2) is 18.7 Å². The van der Waals surface area contributed by atoms with Crippen molar-refractivity contribution >= 4 is 11.7 Å². The van der Waals surface area contributed by atoms with E-state index in [0.29, 0.717) is 18.7 Å². The fourth-order valence-electron chi connectivity index (χ4n) is 2.92. The fourth-order valence-corrected chi connectivity index (χ4v) is 2.92. The molecule has 0 aliphatic rings. The van der Waals surface area contributed by atoms with Crippen molar-refractivity contribution in [3.8, 4) is 0 Å². The van der Waals surface area contributed by atoms with Crippen LogP contribution < -0.4 is 5.32 Å². The van der Waals surface area contributed by atoms with Gasteiger partial charge in [0.05, 0.1) is 0 Å². The molecule has 1 amide bonds. The third kappa shape index (κ3) is 7.63. The van der Waals surface area contributed by atoms with Crippen LogP contribution in [0.2, 0.25) is 0 Å². The van der Waals surface area contributed by atoms with Crippen LogP contribution in [0.3, 0.4) is 0 Å². The number of aromatic nitrogens is 4. The summed E-state index contributed by atoms with van der Waals surface area (Å²) in [6.07, 6.45) is 17.8. The standard InChI is InChI=1S/C19H31N5O/c1-2-3-4-5-6-7-8-9-12-18(25)20-13-10-11-17-14-21-19-22-16-23-24(19)15-17/h14-16H,2-13H2,1H3,(H,20,25). The maximum Gasteiger partial charge on any atom is 0.252 e. The Hall–Kier alpha value is -1.98. The maximum absolute atomic E-state index is 11.8. The Morgan fingerprint density at radius 3 is 2.60 bits per heavy atom. The van der Waals surface area contributed by atoms with Crippen LogP contribution in [0.1, 0.15) is 76.7 Å². The van der Waals surface area contributed by atoms with Gasteiger partial charge in [0.2, 0.25) is 5.91 Å². The van der Waals surface area contributed by atoms with Gasteiger partial charge in [0.1, 0.15) is 6.33 Å². The molecular weight excluding hydrogens is 314 g/mol. The first-order chi connectivity index (χ1) is 12.3. The molecule has 0 aliphatic heterocycles. The predicted octanol–water partition coefficient (Wildman–Crippen LogP) is 3.70. The first-order valence-electron chi connectivity index (χ1n) is 9.70. The average molecular weight is 345 g/mol. The molecule has 0 spiro atoms. The summed E-state index contributed by atoms with van der Waals surface area (Å²) in [7, 11) is 0. The highest BCUT2D eigenvalue weighted by Crippen LogP contribution is 2.09. The lowest BCUT2D eigenvalue weighted by Crippen LogP contribution is -2.24. The van der Waals surface area contributed by atoms with Gasteiger partial charge in [-0.1, -0.05) is 51.9 Å². The number of carbonyl (C=O) groups excluding carboxylic acids is 1. The summed E-state index contributed by atoms with van der Waals surface area (Å²) in [5.74, 6) is 0.790. The molecule has 0 aromatic carbocycles. The predicted molar refractivity (Wildman–Crippen MR) is 99.3 cm³/mol. The Morgan fingerprint density at radius 1 is 1.04 bits per heavy atom. The van der Waals surface area contributed by atoms with Gasteiger partial charge >= 0.3 is 0 Å². The van der Waals surface area contributed by atoms with Gasteiger partial charge in [-0.3, -0.25) is 4.79 Å². The zero-order valence-electron chi connectivity index (χ0n) is 15.4. The van der Waals surface area contributed by atoms with E-state index in [4.69, 9.17) is 0 Å². The van der Waals surface area contributed by atoms with E-state index < -0.39 is 0 Å². The number of hydrogen-bond donors (Lipinski definition) is 1. The van der Waals surface area contributed by atoms with Crippen LogP contribution in [-0.4, -0.2) is 32.0 Å². The minimum Gasteiger partial charge on any atom is -0.356 e. The summed E-state index contributed by atoms with van der Waals surface area (Å²) >= 11 is 0. The van der Waals surface area contributed by atoms with Gasteiger partial charge in [-0.05, 0) is 24.8 Å². The summed E-state index contributed by atoms with van der Waals surface area (Å²) < 4.78 is 1.68. The van der Waals surface area contributed by atoms with E-state index in [1.807, 2.05) is 12.4 Å². The number of aryl methyl sites for hydroxylation is 1. The Balaban J connectivity index is 1.46. The molecule has 6 heteroatoms. The zero-order valence-corrected chi connectivity index (χ0v) is 15.4. The van der Waals surface area contributed by atoms with E-state index >= 15 is 0 Å². The van der Waals surface area contributed by atoms with Crippen LogP contribution in [0.5, 0.6) is 0 Å². The Kier molecular flexibility index (Phi) is 8.94. The molecule has 2 aromatic rings. The summed E-state index contributed by atoms with van der Waals surface area (Å²) in [5, 5.41) is 7.09. The van der Waals surface area contributed by atoms with Gasteiger partial charge in [0.15, 0.2) is 0 Å². The summed E-state index contributed by atoms with van der Waals surface area (Å²) in [4.78, 5) is 20.1. The van der Waals surface area contributed by atoms with Gasteiger partial charge in [0.25, 0.3) is 5.78 Å². The summed E-state index contributed by atoms with van der Waals surface area (Å²) in [5.41, 5.74) is 1.11. The van der Waals surface area contributed by atoms with Crippen LogP contribution in [0.4, 0.5) is 0 Å². The lowest BCUT2D eigenvalue weighted by molar-refractivity contribution is -0.121. The van der Waals surface area contributed by atoms with Gasteiger partial charge < -0.3 is 5.32 Å². The summed E-state index contributed by atoms with van der Waals surface area (Å²) in [6, 6.07) is 0. The average Bonchev–Trinajstić information content (AvgIpc) is 3.09. The van der Waals surface area contributed by atoms with E-state index in [-0.39, 0.29) is 5.91 Å². The van der Waals surface area contributed by atoms with Crippen molar-refractivity contribution < 1.29 is 4.79 Å². The van der Waals surface area contributed by atoms with Crippen molar-refractivity contribution in [3.05, 3.63) is 24.3 Å². The molecule has 0 atom stereocenters. The van der Waals surface area contributed by atoms with E-state index in [9.17, 15) is 4.79 Å². The van der Waals surface area contributed by atoms with E-state index in [0.717, 1.165) is 24.8 Å². The van der Waals surface area contributed by atoms with Crippen molar-refractivity contribution in [3.63, 3.8) is 0 Å². The molecule has 0 unspecified atom stereocenters. The van der Waals surface area contributed by atoms with Gasteiger partial charge in [-0.25, -0.2) is 9.50 Å². The number of fused-ring (bicyclic) bond motifs is 1. The van der Waals surface area contributed by atoms with Crippen molar-refractivity contribution in [2.24, 2.45) is 0 Å². The fraction of sp³-hybridized carbons (Fsp3) is 0.684. The second-order valence-corrected chi connectivity index (χ2v) is 6.65. The largest absolute Gasteiger partial charge is 0.356 e. The molecule has 2 aromatic heterocycles. The smallest absolute Gasteiger partial charge is 0.252 e. The number of nitrogens with one attached hydrogen (secondary N) is 1. The van der Waals surface area contributed by atoms with E-state index in [1.54, 1.807) is 4.52 Å². The minimum absolute atomic E-state index is 0.177. The quantitative estimate of drug-likeness (QED) is 0.562. The van der Waals surface area contributed by atoms with Gasteiger partial charge in [-0.15, -0.1) is 0 Å². The molecule has 0 saturated carbocycles. The number of carbonyl (C=O) groups is 1. The Morgan fingerprint density at radius 2 is 1.80 bits per heavy atom. The maximum atomic E-state index is 11.8. The van der Waals surface area contributed by atoms with Crippen LogP contribution >= 0.6 is 0 Å². The lowest BCUT2D eigenvalue weighted by atomic mass is 10.1. The van der Waals surface area contributed by atoms with Gasteiger partial charge in [0, 0.05) is 25.4 Å². The molecule has 138 valence electrons. The Labute approximate surface area is 150 Å². The second kappa shape index (κ2) is 11.6. The second-order valence-electron chi connectivity index (χ2n) is 6.65. The molecule has 0 radical (unpaired) electrons.